The van der Waals surface area contributed by atoms with Gasteiger partial charge in [-0.15, -0.1) is 0 Å². The number of hydrogen-bond acceptors (Lipinski definition) is 4. The minimum absolute atomic E-state index is 0.581. The molecule has 5 heteroatoms. The van der Waals surface area contributed by atoms with Crippen LogP contribution in [0.15, 0.2) is 41.0 Å². The van der Waals surface area contributed by atoms with E-state index in [1.807, 2.05) is 30.3 Å². The van der Waals surface area contributed by atoms with E-state index < -0.39 is 0 Å². The molecule has 0 bridgehead atoms. The average Bonchev–Trinajstić information content (AvgIpc) is 2.37. The van der Waals surface area contributed by atoms with Crippen molar-refractivity contribution >= 4 is 21.7 Å². The van der Waals surface area contributed by atoms with E-state index in [4.69, 9.17) is 5.73 Å². The van der Waals surface area contributed by atoms with Crippen molar-refractivity contribution in [1.29, 1.82) is 0 Å². The van der Waals surface area contributed by atoms with E-state index in [1.54, 1.807) is 6.20 Å². The number of aromatic nitrogens is 2. The first-order chi connectivity index (χ1) is 8.29. The van der Waals surface area contributed by atoms with E-state index in [9.17, 15) is 0 Å². The molecule has 0 saturated carbocycles. The highest BCUT2D eigenvalue weighted by molar-refractivity contribution is 9.10. The van der Waals surface area contributed by atoms with Crippen LogP contribution in [-0.4, -0.2) is 23.1 Å². The van der Waals surface area contributed by atoms with Crippen LogP contribution in [0.1, 0.15) is 0 Å². The van der Waals surface area contributed by atoms with Gasteiger partial charge >= 0.3 is 0 Å². The van der Waals surface area contributed by atoms with Crippen molar-refractivity contribution in [2.75, 3.05) is 18.4 Å². The van der Waals surface area contributed by atoms with E-state index in [2.05, 4.69) is 31.2 Å². The van der Waals surface area contributed by atoms with Crippen LogP contribution in [0.5, 0.6) is 0 Å². The number of benzene rings is 1. The second-order valence-corrected chi connectivity index (χ2v) is 4.40. The summed E-state index contributed by atoms with van der Waals surface area (Å²) in [7, 11) is 0. The molecule has 0 saturated heterocycles. The Bertz CT molecular complexity index is 484. The summed E-state index contributed by atoms with van der Waals surface area (Å²) in [5, 5.41) is 3.13. The van der Waals surface area contributed by atoms with Gasteiger partial charge in [-0.1, -0.05) is 28.1 Å². The van der Waals surface area contributed by atoms with Crippen LogP contribution in [-0.2, 0) is 0 Å². The second-order valence-electron chi connectivity index (χ2n) is 3.49. The first-order valence-electron chi connectivity index (χ1n) is 5.32. The van der Waals surface area contributed by atoms with Gasteiger partial charge in [-0.05, 0) is 18.2 Å². The van der Waals surface area contributed by atoms with E-state index in [1.165, 1.54) is 0 Å². The highest BCUT2D eigenvalue weighted by Gasteiger charge is 2.01. The van der Waals surface area contributed by atoms with Gasteiger partial charge in [-0.3, -0.25) is 0 Å². The third kappa shape index (κ3) is 3.25. The van der Waals surface area contributed by atoms with Crippen LogP contribution in [0, 0.1) is 0 Å². The van der Waals surface area contributed by atoms with Gasteiger partial charge in [0.05, 0.1) is 0 Å². The van der Waals surface area contributed by atoms with Gasteiger partial charge in [0.25, 0.3) is 0 Å². The van der Waals surface area contributed by atoms with E-state index in [-0.39, 0.29) is 0 Å². The van der Waals surface area contributed by atoms with Crippen molar-refractivity contribution in [1.82, 2.24) is 9.97 Å². The van der Waals surface area contributed by atoms with Gasteiger partial charge in [0.2, 0.25) is 0 Å². The van der Waals surface area contributed by atoms with Crippen LogP contribution in [0.3, 0.4) is 0 Å². The molecule has 1 aromatic carbocycles. The van der Waals surface area contributed by atoms with E-state index in [0.717, 1.165) is 15.9 Å². The van der Waals surface area contributed by atoms with Crippen molar-refractivity contribution in [2.24, 2.45) is 5.73 Å². The van der Waals surface area contributed by atoms with Crippen molar-refractivity contribution in [2.45, 2.75) is 0 Å². The monoisotopic (exact) mass is 292 g/mol. The molecule has 0 aliphatic heterocycles. The fourth-order valence-corrected chi connectivity index (χ4v) is 1.66. The second kappa shape index (κ2) is 5.75. The summed E-state index contributed by atoms with van der Waals surface area (Å²) < 4.78 is 1.04. The van der Waals surface area contributed by atoms with Crippen LogP contribution in [0.2, 0.25) is 0 Å². The lowest BCUT2D eigenvalue weighted by atomic mass is 10.2. The molecule has 2 aromatic rings. The molecule has 0 fully saturated rings. The minimum atomic E-state index is 0.581. The topological polar surface area (TPSA) is 63.8 Å². The molecule has 3 N–H and O–H groups in total. The quantitative estimate of drug-likeness (QED) is 0.907. The van der Waals surface area contributed by atoms with Gasteiger partial charge in [0.15, 0.2) is 5.82 Å². The molecule has 4 nitrogen and oxygen atoms in total. The minimum Gasteiger partial charge on any atom is -0.369 e. The highest BCUT2D eigenvalue weighted by Crippen LogP contribution is 2.19. The third-order valence-corrected chi connectivity index (χ3v) is 2.74. The number of anilines is 1. The van der Waals surface area contributed by atoms with Crippen LogP contribution < -0.4 is 11.1 Å². The Morgan fingerprint density at radius 3 is 2.65 bits per heavy atom. The summed E-state index contributed by atoms with van der Waals surface area (Å²) in [6.45, 7) is 1.29. The molecular weight excluding hydrogens is 280 g/mol. The zero-order valence-electron chi connectivity index (χ0n) is 9.23. The third-order valence-electron chi connectivity index (χ3n) is 2.21. The SMILES string of the molecule is NCCNc1ccnc(-c2ccc(Br)cc2)n1. The van der Waals surface area contributed by atoms with Crippen molar-refractivity contribution in [3.05, 3.63) is 41.0 Å². The Hall–Kier alpha value is -1.46. The first kappa shape index (κ1) is 12.0. The molecule has 0 aliphatic rings. The summed E-state index contributed by atoms with van der Waals surface area (Å²) >= 11 is 3.40. The molecule has 88 valence electrons. The first-order valence-corrected chi connectivity index (χ1v) is 6.12. The molecule has 0 spiro atoms. The summed E-state index contributed by atoms with van der Waals surface area (Å²) in [5.74, 6) is 1.50. The Kier molecular flexibility index (Phi) is 4.06. The molecule has 2 rings (SSSR count). The summed E-state index contributed by atoms with van der Waals surface area (Å²) in [5.41, 5.74) is 6.42. The van der Waals surface area contributed by atoms with E-state index in [0.29, 0.717) is 18.9 Å². The molecule has 1 aromatic heterocycles. The lowest BCUT2D eigenvalue weighted by Crippen LogP contribution is -2.14. The zero-order valence-corrected chi connectivity index (χ0v) is 10.8. The number of rotatable bonds is 4. The molecule has 17 heavy (non-hydrogen) atoms. The molecule has 0 amide bonds. The maximum absolute atomic E-state index is 5.43. The molecular formula is C12H13BrN4. The Morgan fingerprint density at radius 2 is 1.94 bits per heavy atom. The van der Waals surface area contributed by atoms with Crippen LogP contribution >= 0.6 is 15.9 Å². The molecule has 0 unspecified atom stereocenters. The van der Waals surface area contributed by atoms with Gasteiger partial charge in [-0.2, -0.15) is 0 Å². The van der Waals surface area contributed by atoms with Gasteiger partial charge < -0.3 is 11.1 Å². The van der Waals surface area contributed by atoms with Gasteiger partial charge in [0, 0.05) is 29.3 Å². The summed E-state index contributed by atoms with van der Waals surface area (Å²) in [6.07, 6.45) is 1.74. The highest BCUT2D eigenvalue weighted by atomic mass is 79.9. The number of hydrogen-bond donors (Lipinski definition) is 2. The predicted molar refractivity (Wildman–Crippen MR) is 72.7 cm³/mol. The fraction of sp³-hybridized carbons (Fsp3) is 0.167. The standard InChI is InChI=1S/C12H13BrN4/c13-10-3-1-9(2-4-10)12-16-7-5-11(17-12)15-8-6-14/h1-5,7H,6,8,14H2,(H,15,16,17). The lowest BCUT2D eigenvalue weighted by molar-refractivity contribution is 1.01. The summed E-state index contributed by atoms with van der Waals surface area (Å²) in [4.78, 5) is 8.67. The number of nitrogens with one attached hydrogen (secondary N) is 1. The molecule has 0 aliphatic carbocycles. The number of nitrogens with two attached hydrogens (primary N) is 1. The average molecular weight is 293 g/mol. The zero-order chi connectivity index (χ0) is 12.1. The van der Waals surface area contributed by atoms with Crippen molar-refractivity contribution < 1.29 is 0 Å². The number of nitrogens with zero attached hydrogens (tertiary/aromatic N) is 2. The van der Waals surface area contributed by atoms with Gasteiger partial charge in [0.1, 0.15) is 5.82 Å². The summed E-state index contributed by atoms with van der Waals surface area (Å²) in [6, 6.07) is 9.73. The lowest BCUT2D eigenvalue weighted by Gasteiger charge is -2.05. The molecule has 0 radical (unpaired) electrons. The maximum atomic E-state index is 5.43. The predicted octanol–water partition coefficient (Wildman–Crippen LogP) is 2.28. The molecule has 0 atom stereocenters. The van der Waals surface area contributed by atoms with Gasteiger partial charge in [-0.25, -0.2) is 9.97 Å². The Morgan fingerprint density at radius 1 is 1.18 bits per heavy atom. The Balaban J connectivity index is 2.23. The maximum Gasteiger partial charge on any atom is 0.161 e. The normalized spacial score (nSPS) is 10.2. The largest absolute Gasteiger partial charge is 0.369 e. The van der Waals surface area contributed by atoms with Crippen LogP contribution in [0.4, 0.5) is 5.82 Å². The van der Waals surface area contributed by atoms with Crippen molar-refractivity contribution in [3.63, 3.8) is 0 Å². The van der Waals surface area contributed by atoms with Crippen molar-refractivity contribution in [3.8, 4) is 11.4 Å². The fourth-order valence-electron chi connectivity index (χ4n) is 1.40. The molecule has 1 heterocycles. The Labute approximate surface area is 108 Å². The van der Waals surface area contributed by atoms with E-state index >= 15 is 0 Å². The number of halogens is 1. The smallest absolute Gasteiger partial charge is 0.161 e. The van der Waals surface area contributed by atoms with Crippen LogP contribution in [0.25, 0.3) is 11.4 Å².